The Morgan fingerprint density at radius 3 is 2.27 bits per heavy atom. The SMILES string of the molecule is CCC(C)OCCCCCCC(C)(C)O. The maximum atomic E-state index is 9.50. The summed E-state index contributed by atoms with van der Waals surface area (Å²) in [7, 11) is 0. The number of ether oxygens (including phenoxy) is 1. The zero-order valence-corrected chi connectivity index (χ0v) is 10.9. The van der Waals surface area contributed by atoms with Gasteiger partial charge in [-0.25, -0.2) is 0 Å². The van der Waals surface area contributed by atoms with Gasteiger partial charge in [-0.15, -0.1) is 0 Å². The molecule has 0 radical (unpaired) electrons. The zero-order valence-electron chi connectivity index (χ0n) is 10.9. The molecule has 1 N–H and O–H groups in total. The first kappa shape index (κ1) is 14.9. The molecular weight excluding hydrogens is 188 g/mol. The van der Waals surface area contributed by atoms with Crippen molar-refractivity contribution in [1.29, 1.82) is 0 Å². The molecule has 0 aromatic rings. The predicted molar refractivity (Wildman–Crippen MR) is 65.1 cm³/mol. The van der Waals surface area contributed by atoms with E-state index < -0.39 is 5.60 Å². The quantitative estimate of drug-likeness (QED) is 0.597. The zero-order chi connectivity index (χ0) is 11.7. The van der Waals surface area contributed by atoms with Crippen molar-refractivity contribution in [2.45, 2.75) is 77.9 Å². The maximum absolute atomic E-state index is 9.50. The fourth-order valence-corrected chi connectivity index (χ4v) is 1.42. The molecule has 1 atom stereocenters. The van der Waals surface area contributed by atoms with Crippen molar-refractivity contribution < 1.29 is 9.84 Å². The van der Waals surface area contributed by atoms with Crippen LogP contribution < -0.4 is 0 Å². The highest BCUT2D eigenvalue weighted by Gasteiger charge is 2.10. The van der Waals surface area contributed by atoms with Crippen molar-refractivity contribution in [2.75, 3.05) is 6.61 Å². The highest BCUT2D eigenvalue weighted by atomic mass is 16.5. The van der Waals surface area contributed by atoms with Crippen molar-refractivity contribution >= 4 is 0 Å². The number of hydrogen-bond donors (Lipinski definition) is 1. The largest absolute Gasteiger partial charge is 0.390 e. The van der Waals surface area contributed by atoms with E-state index in [1.807, 2.05) is 13.8 Å². The first-order valence-corrected chi connectivity index (χ1v) is 6.29. The van der Waals surface area contributed by atoms with Gasteiger partial charge in [0.15, 0.2) is 0 Å². The Bertz CT molecular complexity index is 138. The van der Waals surface area contributed by atoms with Crippen molar-refractivity contribution in [3.8, 4) is 0 Å². The van der Waals surface area contributed by atoms with Crippen LogP contribution in [0.4, 0.5) is 0 Å². The van der Waals surface area contributed by atoms with Crippen LogP contribution >= 0.6 is 0 Å². The molecule has 0 aliphatic rings. The molecule has 0 amide bonds. The van der Waals surface area contributed by atoms with E-state index in [1.165, 1.54) is 12.8 Å². The molecule has 0 aromatic heterocycles. The van der Waals surface area contributed by atoms with Crippen molar-refractivity contribution in [1.82, 2.24) is 0 Å². The van der Waals surface area contributed by atoms with Crippen LogP contribution in [0.1, 0.15) is 66.2 Å². The first-order chi connectivity index (χ1) is 6.95. The minimum atomic E-state index is -0.493. The van der Waals surface area contributed by atoms with Crippen LogP contribution in [0.3, 0.4) is 0 Å². The highest BCUT2D eigenvalue weighted by molar-refractivity contribution is 4.64. The lowest BCUT2D eigenvalue weighted by Gasteiger charge is -2.16. The average molecular weight is 216 g/mol. The van der Waals surface area contributed by atoms with Gasteiger partial charge in [-0.05, 0) is 40.0 Å². The van der Waals surface area contributed by atoms with Gasteiger partial charge in [0, 0.05) is 6.61 Å². The summed E-state index contributed by atoms with van der Waals surface area (Å²) in [6.07, 6.45) is 7.09. The molecule has 0 spiro atoms. The second-order valence-corrected chi connectivity index (χ2v) is 5.07. The molecule has 0 aliphatic heterocycles. The van der Waals surface area contributed by atoms with Gasteiger partial charge in [0.05, 0.1) is 11.7 Å². The second-order valence-electron chi connectivity index (χ2n) is 5.07. The van der Waals surface area contributed by atoms with E-state index in [4.69, 9.17) is 4.74 Å². The number of rotatable bonds is 9. The van der Waals surface area contributed by atoms with Gasteiger partial charge in [-0.3, -0.25) is 0 Å². The molecule has 0 rings (SSSR count). The molecule has 15 heavy (non-hydrogen) atoms. The summed E-state index contributed by atoms with van der Waals surface area (Å²) in [6.45, 7) is 8.90. The molecule has 0 bridgehead atoms. The monoisotopic (exact) mass is 216 g/mol. The summed E-state index contributed by atoms with van der Waals surface area (Å²) in [5.74, 6) is 0. The van der Waals surface area contributed by atoms with Gasteiger partial charge >= 0.3 is 0 Å². The maximum Gasteiger partial charge on any atom is 0.0591 e. The standard InChI is InChI=1S/C13H28O2/c1-5-12(2)15-11-9-7-6-8-10-13(3,4)14/h12,14H,5-11H2,1-4H3. The topological polar surface area (TPSA) is 29.5 Å². The van der Waals surface area contributed by atoms with E-state index >= 15 is 0 Å². The number of unbranched alkanes of at least 4 members (excludes halogenated alkanes) is 3. The molecule has 0 heterocycles. The molecule has 2 nitrogen and oxygen atoms in total. The number of hydrogen-bond acceptors (Lipinski definition) is 2. The summed E-state index contributed by atoms with van der Waals surface area (Å²) < 4.78 is 5.59. The Labute approximate surface area is 95.0 Å². The van der Waals surface area contributed by atoms with Crippen molar-refractivity contribution in [3.63, 3.8) is 0 Å². The summed E-state index contributed by atoms with van der Waals surface area (Å²) in [6, 6.07) is 0. The summed E-state index contributed by atoms with van der Waals surface area (Å²) in [5, 5.41) is 9.50. The first-order valence-electron chi connectivity index (χ1n) is 6.29. The minimum Gasteiger partial charge on any atom is -0.390 e. The fraction of sp³-hybridized carbons (Fsp3) is 1.00. The van der Waals surface area contributed by atoms with Gasteiger partial charge in [0.1, 0.15) is 0 Å². The van der Waals surface area contributed by atoms with Crippen LogP contribution in [0.5, 0.6) is 0 Å². The lowest BCUT2D eigenvalue weighted by molar-refractivity contribution is 0.0584. The molecule has 0 aromatic carbocycles. The van der Waals surface area contributed by atoms with E-state index in [1.54, 1.807) is 0 Å². The smallest absolute Gasteiger partial charge is 0.0591 e. The van der Waals surface area contributed by atoms with Crippen LogP contribution in [0.25, 0.3) is 0 Å². The summed E-state index contributed by atoms with van der Waals surface area (Å²) in [4.78, 5) is 0. The fourth-order valence-electron chi connectivity index (χ4n) is 1.42. The molecule has 0 aliphatic carbocycles. The van der Waals surface area contributed by atoms with E-state index in [0.717, 1.165) is 32.3 Å². The van der Waals surface area contributed by atoms with Gasteiger partial charge in [-0.1, -0.05) is 26.2 Å². The van der Waals surface area contributed by atoms with Gasteiger partial charge in [0.25, 0.3) is 0 Å². The molecule has 0 saturated heterocycles. The average Bonchev–Trinajstić information content (AvgIpc) is 2.14. The third-order valence-corrected chi connectivity index (χ3v) is 2.66. The second kappa shape index (κ2) is 8.12. The molecule has 0 saturated carbocycles. The summed E-state index contributed by atoms with van der Waals surface area (Å²) >= 11 is 0. The van der Waals surface area contributed by atoms with Crippen LogP contribution in [0.2, 0.25) is 0 Å². The van der Waals surface area contributed by atoms with E-state index in [0.29, 0.717) is 6.10 Å². The molecule has 0 fully saturated rings. The lowest BCUT2D eigenvalue weighted by Crippen LogP contribution is -2.17. The third-order valence-electron chi connectivity index (χ3n) is 2.66. The normalized spacial score (nSPS) is 14.2. The Morgan fingerprint density at radius 2 is 1.73 bits per heavy atom. The molecule has 92 valence electrons. The predicted octanol–water partition coefficient (Wildman–Crippen LogP) is 3.52. The third kappa shape index (κ3) is 11.8. The lowest BCUT2D eigenvalue weighted by atomic mass is 10.0. The van der Waals surface area contributed by atoms with E-state index in [2.05, 4.69) is 13.8 Å². The Kier molecular flexibility index (Phi) is 8.07. The Balaban J connectivity index is 3.12. The van der Waals surface area contributed by atoms with Gasteiger partial charge in [0.2, 0.25) is 0 Å². The molecular formula is C13H28O2. The Morgan fingerprint density at radius 1 is 1.13 bits per heavy atom. The molecule has 2 heteroatoms. The van der Waals surface area contributed by atoms with Crippen LogP contribution in [0.15, 0.2) is 0 Å². The van der Waals surface area contributed by atoms with Gasteiger partial charge < -0.3 is 9.84 Å². The number of aliphatic hydroxyl groups is 1. The van der Waals surface area contributed by atoms with Crippen LogP contribution in [-0.2, 0) is 4.74 Å². The van der Waals surface area contributed by atoms with E-state index in [-0.39, 0.29) is 0 Å². The van der Waals surface area contributed by atoms with Crippen LogP contribution in [0, 0.1) is 0 Å². The van der Waals surface area contributed by atoms with Crippen molar-refractivity contribution in [3.05, 3.63) is 0 Å². The van der Waals surface area contributed by atoms with Crippen molar-refractivity contribution in [2.24, 2.45) is 0 Å². The van der Waals surface area contributed by atoms with Gasteiger partial charge in [-0.2, -0.15) is 0 Å². The van der Waals surface area contributed by atoms with Crippen LogP contribution in [-0.4, -0.2) is 23.4 Å². The summed E-state index contributed by atoms with van der Waals surface area (Å²) in [5.41, 5.74) is -0.493. The van der Waals surface area contributed by atoms with E-state index in [9.17, 15) is 5.11 Å². The minimum absolute atomic E-state index is 0.404. The highest BCUT2D eigenvalue weighted by Crippen LogP contribution is 2.13. The Hall–Kier alpha value is -0.0800. The molecule has 1 unspecified atom stereocenters.